The lowest BCUT2D eigenvalue weighted by Gasteiger charge is -2.22. The molecule has 19 heavy (non-hydrogen) atoms. The lowest BCUT2D eigenvalue weighted by molar-refractivity contribution is -0.151. The van der Waals surface area contributed by atoms with E-state index in [-0.39, 0.29) is 17.3 Å². The van der Waals surface area contributed by atoms with Gasteiger partial charge in [0.05, 0.1) is 14.8 Å². The topological polar surface area (TPSA) is 52.3 Å². The van der Waals surface area contributed by atoms with Gasteiger partial charge in [0.25, 0.3) is 0 Å². The van der Waals surface area contributed by atoms with Crippen LogP contribution in [0.5, 0.6) is 0 Å². The molecule has 2 N–H and O–H groups in total. The van der Waals surface area contributed by atoms with Crippen molar-refractivity contribution < 1.29 is 9.53 Å². The van der Waals surface area contributed by atoms with Gasteiger partial charge >= 0.3 is 5.97 Å². The minimum Gasteiger partial charge on any atom is -0.459 e. The first-order valence-electron chi connectivity index (χ1n) is 6.03. The second-order valence-corrected chi connectivity index (χ2v) is 8.94. The highest BCUT2D eigenvalue weighted by molar-refractivity contribution is 9.11. The Bertz CT molecular complexity index is 427. The summed E-state index contributed by atoms with van der Waals surface area (Å²) in [6.07, 6.45) is 0. The van der Waals surface area contributed by atoms with Crippen molar-refractivity contribution in [3.8, 4) is 0 Å². The van der Waals surface area contributed by atoms with Crippen LogP contribution < -0.4 is 5.73 Å². The van der Waals surface area contributed by atoms with Crippen LogP contribution in [0.3, 0.4) is 0 Å². The number of hydrogen-bond donors (Lipinski definition) is 1. The largest absolute Gasteiger partial charge is 0.459 e. The number of thioether (sulfide) groups is 1. The summed E-state index contributed by atoms with van der Waals surface area (Å²) in [4.78, 5) is 12.9. The lowest BCUT2D eigenvalue weighted by atomic mass is 10.2. The van der Waals surface area contributed by atoms with Crippen LogP contribution in [-0.4, -0.2) is 23.4 Å². The summed E-state index contributed by atoms with van der Waals surface area (Å²) in [5, 5.41) is 0.115. The van der Waals surface area contributed by atoms with Gasteiger partial charge in [0.1, 0.15) is 5.60 Å². The first-order chi connectivity index (χ1) is 8.69. The number of carbonyl (C=O) groups is 1. The van der Waals surface area contributed by atoms with E-state index in [1.165, 1.54) is 16.6 Å². The summed E-state index contributed by atoms with van der Waals surface area (Å²) in [5.74, 6) is 0.123. The van der Waals surface area contributed by atoms with Crippen molar-refractivity contribution in [1.82, 2.24) is 0 Å². The summed E-state index contributed by atoms with van der Waals surface area (Å²) < 4.78 is 6.38. The molecule has 0 radical (unpaired) electrons. The Kier molecular flexibility index (Phi) is 6.36. The summed E-state index contributed by atoms with van der Waals surface area (Å²) in [6, 6.07) is 4.03. The highest BCUT2D eigenvalue weighted by Gasteiger charge is 2.22. The first kappa shape index (κ1) is 17.0. The molecule has 0 saturated heterocycles. The normalized spacial score (nSPS) is 15.1. The fourth-order valence-corrected chi connectivity index (χ4v) is 4.29. The number of nitrogens with two attached hydrogens (primary N) is 1. The van der Waals surface area contributed by atoms with Crippen LogP contribution in [0.15, 0.2) is 15.9 Å². The maximum absolute atomic E-state index is 11.7. The minimum atomic E-state index is -0.437. The average Bonchev–Trinajstić information content (AvgIpc) is 2.61. The fourth-order valence-electron chi connectivity index (χ4n) is 1.50. The molecule has 0 fully saturated rings. The lowest BCUT2D eigenvalue weighted by Crippen LogP contribution is -2.27. The van der Waals surface area contributed by atoms with E-state index in [2.05, 4.69) is 15.9 Å². The molecule has 0 aliphatic heterocycles. The molecule has 0 aromatic carbocycles. The molecule has 3 nitrogen and oxygen atoms in total. The Morgan fingerprint density at radius 1 is 1.53 bits per heavy atom. The van der Waals surface area contributed by atoms with Crippen molar-refractivity contribution in [1.29, 1.82) is 0 Å². The zero-order chi connectivity index (χ0) is 14.6. The molecule has 1 heterocycles. The summed E-state index contributed by atoms with van der Waals surface area (Å²) >= 11 is 6.63. The average molecular weight is 366 g/mol. The second kappa shape index (κ2) is 7.11. The van der Waals surface area contributed by atoms with E-state index in [9.17, 15) is 4.79 Å². The van der Waals surface area contributed by atoms with Gasteiger partial charge in [0.15, 0.2) is 0 Å². The highest BCUT2D eigenvalue weighted by Crippen LogP contribution is 2.37. The zero-order valence-corrected chi connectivity index (χ0v) is 14.8. The Labute approximate surface area is 131 Å². The molecule has 108 valence electrons. The smallest absolute Gasteiger partial charge is 0.316 e. The Hall–Kier alpha value is -0.0400. The number of halogens is 1. The first-order valence-corrected chi connectivity index (χ1v) is 8.69. The van der Waals surface area contributed by atoms with Gasteiger partial charge in [-0.1, -0.05) is 0 Å². The van der Waals surface area contributed by atoms with Gasteiger partial charge < -0.3 is 10.5 Å². The SMILES string of the molecule is CC(N)C(SCC(=O)OC(C)(C)C)c1ccc(Br)s1. The fraction of sp³-hybridized carbons (Fsp3) is 0.615. The van der Waals surface area contributed by atoms with Crippen LogP contribution in [0.1, 0.15) is 37.8 Å². The summed E-state index contributed by atoms with van der Waals surface area (Å²) in [7, 11) is 0. The molecule has 0 amide bonds. The van der Waals surface area contributed by atoms with Crippen molar-refractivity contribution in [3.63, 3.8) is 0 Å². The number of thiophene rings is 1. The summed E-state index contributed by atoms with van der Waals surface area (Å²) in [5.41, 5.74) is 5.57. The minimum absolute atomic E-state index is 0.0158. The zero-order valence-electron chi connectivity index (χ0n) is 11.6. The number of esters is 1. The number of hydrogen-bond acceptors (Lipinski definition) is 5. The molecule has 0 spiro atoms. The van der Waals surface area contributed by atoms with E-state index in [1.54, 1.807) is 11.3 Å². The van der Waals surface area contributed by atoms with Crippen LogP contribution in [0.4, 0.5) is 0 Å². The van der Waals surface area contributed by atoms with Gasteiger partial charge in [-0.05, 0) is 55.8 Å². The quantitative estimate of drug-likeness (QED) is 0.801. The van der Waals surface area contributed by atoms with Crippen molar-refractivity contribution in [2.24, 2.45) is 5.73 Å². The summed E-state index contributed by atoms with van der Waals surface area (Å²) in [6.45, 7) is 7.57. The maximum atomic E-state index is 11.7. The van der Waals surface area contributed by atoms with Crippen LogP contribution in [0.2, 0.25) is 0 Å². The predicted octanol–water partition coefficient (Wildman–Crippen LogP) is 3.97. The van der Waals surface area contributed by atoms with Crippen LogP contribution in [0.25, 0.3) is 0 Å². The molecule has 2 unspecified atom stereocenters. The molecule has 2 atom stereocenters. The molecule has 1 aromatic rings. The van der Waals surface area contributed by atoms with Crippen molar-refractivity contribution in [2.45, 2.75) is 44.6 Å². The third-order valence-electron chi connectivity index (χ3n) is 2.15. The maximum Gasteiger partial charge on any atom is 0.316 e. The van der Waals surface area contributed by atoms with Crippen molar-refractivity contribution >= 4 is 45.0 Å². The molecular weight excluding hydrogens is 346 g/mol. The van der Waals surface area contributed by atoms with Crippen LogP contribution >= 0.6 is 39.0 Å². The van der Waals surface area contributed by atoms with E-state index in [0.717, 1.165) is 3.79 Å². The van der Waals surface area contributed by atoms with Gasteiger partial charge in [-0.3, -0.25) is 4.79 Å². The third kappa shape index (κ3) is 6.29. The number of rotatable bonds is 5. The van der Waals surface area contributed by atoms with Gasteiger partial charge in [0, 0.05) is 10.9 Å². The molecule has 1 rings (SSSR count). The molecule has 0 saturated carbocycles. The second-order valence-electron chi connectivity index (χ2n) is 5.32. The molecule has 6 heteroatoms. The molecule has 1 aromatic heterocycles. The van der Waals surface area contributed by atoms with Gasteiger partial charge in [0.2, 0.25) is 0 Å². The van der Waals surface area contributed by atoms with E-state index in [0.29, 0.717) is 5.75 Å². The Balaban J connectivity index is 2.59. The molecule has 0 aliphatic carbocycles. The van der Waals surface area contributed by atoms with Gasteiger partial charge in [-0.15, -0.1) is 23.1 Å². The monoisotopic (exact) mass is 365 g/mol. The van der Waals surface area contributed by atoms with E-state index in [4.69, 9.17) is 10.5 Å². The van der Waals surface area contributed by atoms with Crippen LogP contribution in [-0.2, 0) is 9.53 Å². The van der Waals surface area contributed by atoms with Gasteiger partial charge in [-0.2, -0.15) is 0 Å². The van der Waals surface area contributed by atoms with Crippen LogP contribution in [0, 0.1) is 0 Å². The highest BCUT2D eigenvalue weighted by atomic mass is 79.9. The van der Waals surface area contributed by atoms with Crippen molar-refractivity contribution in [2.75, 3.05) is 5.75 Å². The van der Waals surface area contributed by atoms with E-state index in [1.807, 2.05) is 39.8 Å². The van der Waals surface area contributed by atoms with Crippen molar-refractivity contribution in [3.05, 3.63) is 20.8 Å². The predicted molar refractivity (Wildman–Crippen MR) is 86.7 cm³/mol. The number of ether oxygens (including phenoxy) is 1. The van der Waals surface area contributed by atoms with E-state index < -0.39 is 5.60 Å². The Morgan fingerprint density at radius 3 is 2.58 bits per heavy atom. The molecule has 0 bridgehead atoms. The Morgan fingerprint density at radius 2 is 2.16 bits per heavy atom. The third-order valence-corrected chi connectivity index (χ3v) is 5.45. The van der Waals surface area contributed by atoms with E-state index >= 15 is 0 Å². The standard InChI is InChI=1S/C13H20BrNO2S2/c1-8(15)12(9-5-6-10(14)19-9)18-7-11(16)17-13(2,3)4/h5-6,8,12H,7,15H2,1-4H3. The number of carbonyl (C=O) groups excluding carboxylic acids is 1. The van der Waals surface area contributed by atoms with Gasteiger partial charge in [-0.25, -0.2) is 0 Å². The molecular formula is C13H20BrNO2S2. The molecule has 0 aliphatic rings.